The van der Waals surface area contributed by atoms with Gasteiger partial charge in [0.15, 0.2) is 0 Å². The van der Waals surface area contributed by atoms with Crippen molar-refractivity contribution in [1.82, 2.24) is 10.2 Å². The highest BCUT2D eigenvalue weighted by Gasteiger charge is 2.60. The average molecular weight is 248 g/mol. The number of piperazine rings is 1. The molecule has 4 saturated carbocycles. The number of nitrogens with zero attached hydrogens (tertiary/aromatic N) is 1. The fourth-order valence-electron chi connectivity index (χ4n) is 6.32. The molecule has 4 bridgehead atoms. The molecule has 0 radical (unpaired) electrons. The number of hydrogen-bond acceptors (Lipinski definition) is 2. The SMILES string of the molecule is CN1CCNCC1(C)C12CC3CC(CC(C3)C1)C2. The molecule has 0 amide bonds. The molecule has 1 N–H and O–H groups in total. The smallest absolute Gasteiger partial charge is 0.0359 e. The van der Waals surface area contributed by atoms with Crippen LogP contribution in [0.5, 0.6) is 0 Å². The predicted molar refractivity (Wildman–Crippen MR) is 74.5 cm³/mol. The van der Waals surface area contributed by atoms with E-state index in [2.05, 4.69) is 24.2 Å². The third kappa shape index (κ3) is 1.42. The fraction of sp³-hybridized carbons (Fsp3) is 1.00. The standard InChI is InChI=1S/C16H28N2/c1-15(11-17-3-4-18(15)2)16-8-12-5-13(9-16)7-14(6-12)10-16/h12-14,17H,3-11H2,1-2H3. The minimum absolute atomic E-state index is 0.418. The summed E-state index contributed by atoms with van der Waals surface area (Å²) in [6, 6.07) is 0. The van der Waals surface area contributed by atoms with E-state index in [4.69, 9.17) is 0 Å². The van der Waals surface area contributed by atoms with Crippen LogP contribution >= 0.6 is 0 Å². The van der Waals surface area contributed by atoms with Gasteiger partial charge in [0, 0.05) is 25.2 Å². The molecule has 0 spiro atoms. The van der Waals surface area contributed by atoms with E-state index in [9.17, 15) is 0 Å². The lowest BCUT2D eigenvalue weighted by atomic mass is 9.44. The second kappa shape index (κ2) is 3.73. The summed E-state index contributed by atoms with van der Waals surface area (Å²) < 4.78 is 0. The van der Waals surface area contributed by atoms with Gasteiger partial charge in [0.05, 0.1) is 0 Å². The Morgan fingerprint density at radius 2 is 1.56 bits per heavy atom. The van der Waals surface area contributed by atoms with Crippen molar-refractivity contribution in [2.45, 2.75) is 51.0 Å². The van der Waals surface area contributed by atoms with Crippen LogP contribution in [0.1, 0.15) is 45.4 Å². The monoisotopic (exact) mass is 248 g/mol. The molecule has 1 unspecified atom stereocenters. The van der Waals surface area contributed by atoms with Gasteiger partial charge in [-0.1, -0.05) is 0 Å². The predicted octanol–water partition coefficient (Wildman–Crippen LogP) is 2.50. The molecule has 1 aliphatic heterocycles. The second-order valence-electron chi connectivity index (χ2n) is 8.07. The molecule has 5 rings (SSSR count). The summed E-state index contributed by atoms with van der Waals surface area (Å²) in [6.45, 7) is 6.19. The highest BCUT2D eigenvalue weighted by molar-refractivity contribution is 5.13. The Kier molecular flexibility index (Phi) is 2.43. The fourth-order valence-corrected chi connectivity index (χ4v) is 6.32. The van der Waals surface area contributed by atoms with Crippen LogP contribution in [0.15, 0.2) is 0 Å². The van der Waals surface area contributed by atoms with Gasteiger partial charge in [-0.2, -0.15) is 0 Å². The van der Waals surface area contributed by atoms with E-state index in [1.165, 1.54) is 38.9 Å². The zero-order chi connectivity index (χ0) is 12.4. The van der Waals surface area contributed by atoms with Crippen LogP contribution < -0.4 is 5.32 Å². The van der Waals surface area contributed by atoms with Crippen LogP contribution in [0.4, 0.5) is 0 Å². The molecule has 1 atom stereocenters. The van der Waals surface area contributed by atoms with Crippen LogP contribution in [0, 0.1) is 23.2 Å². The van der Waals surface area contributed by atoms with Crippen molar-refractivity contribution in [3.05, 3.63) is 0 Å². The molecule has 1 heterocycles. The zero-order valence-corrected chi connectivity index (χ0v) is 12.0. The third-order valence-corrected chi connectivity index (χ3v) is 7.12. The van der Waals surface area contributed by atoms with Gasteiger partial charge in [-0.25, -0.2) is 0 Å². The molecule has 5 fully saturated rings. The van der Waals surface area contributed by atoms with E-state index in [-0.39, 0.29) is 0 Å². The summed E-state index contributed by atoms with van der Waals surface area (Å²) in [5.41, 5.74) is 1.06. The highest BCUT2D eigenvalue weighted by atomic mass is 15.2. The lowest BCUT2D eigenvalue weighted by Crippen LogP contribution is -2.69. The van der Waals surface area contributed by atoms with Gasteiger partial charge in [-0.3, -0.25) is 4.90 Å². The maximum Gasteiger partial charge on any atom is 0.0359 e. The molecular formula is C16H28N2. The minimum Gasteiger partial charge on any atom is -0.314 e. The number of hydrogen-bond donors (Lipinski definition) is 1. The van der Waals surface area contributed by atoms with Crippen LogP contribution in [0.3, 0.4) is 0 Å². The molecule has 0 aromatic heterocycles. The largest absolute Gasteiger partial charge is 0.314 e. The molecule has 102 valence electrons. The third-order valence-electron chi connectivity index (χ3n) is 7.12. The van der Waals surface area contributed by atoms with E-state index >= 15 is 0 Å². The van der Waals surface area contributed by atoms with Crippen molar-refractivity contribution in [2.24, 2.45) is 23.2 Å². The quantitative estimate of drug-likeness (QED) is 0.767. The van der Waals surface area contributed by atoms with Gasteiger partial charge in [0.25, 0.3) is 0 Å². The van der Waals surface area contributed by atoms with E-state index in [1.807, 2.05) is 0 Å². The summed E-state index contributed by atoms with van der Waals surface area (Å²) in [6.07, 6.45) is 9.27. The molecule has 4 aliphatic carbocycles. The van der Waals surface area contributed by atoms with Gasteiger partial charge >= 0.3 is 0 Å². The molecule has 2 nitrogen and oxygen atoms in total. The average Bonchev–Trinajstić information content (AvgIpc) is 2.31. The second-order valence-corrected chi connectivity index (χ2v) is 8.07. The van der Waals surface area contributed by atoms with Gasteiger partial charge in [0.1, 0.15) is 0 Å². The van der Waals surface area contributed by atoms with Crippen LogP contribution in [0.2, 0.25) is 0 Å². The lowest BCUT2D eigenvalue weighted by Gasteiger charge is -2.66. The first-order valence-electron chi connectivity index (χ1n) is 8.03. The van der Waals surface area contributed by atoms with Crippen molar-refractivity contribution in [1.29, 1.82) is 0 Å². The van der Waals surface area contributed by atoms with Crippen molar-refractivity contribution < 1.29 is 0 Å². The Labute approximate surface area is 111 Å². The first-order valence-corrected chi connectivity index (χ1v) is 8.03. The van der Waals surface area contributed by atoms with Gasteiger partial charge in [0.2, 0.25) is 0 Å². The van der Waals surface area contributed by atoms with E-state index in [1.54, 1.807) is 19.3 Å². The lowest BCUT2D eigenvalue weighted by molar-refractivity contribution is -0.142. The maximum atomic E-state index is 3.69. The zero-order valence-electron chi connectivity index (χ0n) is 12.0. The first kappa shape index (κ1) is 11.7. The van der Waals surface area contributed by atoms with Crippen molar-refractivity contribution in [3.8, 4) is 0 Å². The minimum atomic E-state index is 0.418. The molecule has 0 aromatic carbocycles. The first-order chi connectivity index (χ1) is 8.61. The molecule has 1 saturated heterocycles. The van der Waals surface area contributed by atoms with Gasteiger partial charge in [-0.05, 0) is 75.7 Å². The van der Waals surface area contributed by atoms with Crippen LogP contribution in [0.25, 0.3) is 0 Å². The topological polar surface area (TPSA) is 15.3 Å². The molecule has 5 aliphatic rings. The van der Waals surface area contributed by atoms with E-state index in [0.29, 0.717) is 11.0 Å². The van der Waals surface area contributed by atoms with Crippen molar-refractivity contribution >= 4 is 0 Å². The Morgan fingerprint density at radius 3 is 2.06 bits per heavy atom. The Hall–Kier alpha value is -0.0800. The molecular weight excluding hydrogens is 220 g/mol. The number of rotatable bonds is 1. The van der Waals surface area contributed by atoms with E-state index < -0.39 is 0 Å². The summed E-state index contributed by atoms with van der Waals surface area (Å²) in [4.78, 5) is 2.69. The van der Waals surface area contributed by atoms with Crippen molar-refractivity contribution in [2.75, 3.05) is 26.7 Å². The van der Waals surface area contributed by atoms with Crippen LogP contribution in [-0.4, -0.2) is 37.1 Å². The van der Waals surface area contributed by atoms with Gasteiger partial charge < -0.3 is 5.32 Å². The summed E-state index contributed by atoms with van der Waals surface area (Å²) >= 11 is 0. The van der Waals surface area contributed by atoms with Crippen molar-refractivity contribution in [3.63, 3.8) is 0 Å². The molecule has 0 aromatic rings. The van der Waals surface area contributed by atoms with E-state index in [0.717, 1.165) is 17.8 Å². The molecule has 18 heavy (non-hydrogen) atoms. The number of likely N-dealkylation sites (N-methyl/N-ethyl adjacent to an activating group) is 1. The highest BCUT2D eigenvalue weighted by Crippen LogP contribution is 2.64. The Morgan fingerprint density at radius 1 is 1.00 bits per heavy atom. The molecule has 2 heteroatoms. The number of nitrogens with one attached hydrogen (secondary N) is 1. The Bertz CT molecular complexity index is 316. The summed E-state index contributed by atoms with van der Waals surface area (Å²) in [5.74, 6) is 3.22. The van der Waals surface area contributed by atoms with Gasteiger partial charge in [-0.15, -0.1) is 0 Å². The van der Waals surface area contributed by atoms with Crippen LogP contribution in [-0.2, 0) is 0 Å². The summed E-state index contributed by atoms with van der Waals surface area (Å²) in [5, 5.41) is 3.69. The maximum absolute atomic E-state index is 3.69. The normalized spacial score (nSPS) is 56.0. The summed E-state index contributed by atoms with van der Waals surface area (Å²) in [7, 11) is 2.37. The Balaban J connectivity index is 1.70.